The summed E-state index contributed by atoms with van der Waals surface area (Å²) in [7, 11) is -2.87. The lowest BCUT2D eigenvalue weighted by atomic mass is 9.62. The molecular weight excluding hydrogens is 259 g/mol. The first-order valence-corrected chi connectivity index (χ1v) is 7.60. The van der Waals surface area contributed by atoms with E-state index in [9.17, 15) is 0 Å². The van der Waals surface area contributed by atoms with Gasteiger partial charge in [0.25, 0.3) is 0 Å². The van der Waals surface area contributed by atoms with E-state index < -0.39 is 8.25 Å². The summed E-state index contributed by atoms with van der Waals surface area (Å²) in [5.41, 5.74) is 5.26. The Morgan fingerprint density at radius 1 is 1.05 bits per heavy atom. The van der Waals surface area contributed by atoms with E-state index in [1.807, 2.05) is 0 Å². The first kappa shape index (κ1) is 16.3. The summed E-state index contributed by atoms with van der Waals surface area (Å²) in [5.74, 6) is 0.664. The van der Waals surface area contributed by atoms with Crippen molar-refractivity contribution in [3.05, 3.63) is 34.9 Å². The van der Waals surface area contributed by atoms with Crippen molar-refractivity contribution in [3.63, 3.8) is 0 Å². The Morgan fingerprint density at radius 3 is 1.84 bits per heavy atom. The zero-order valence-corrected chi connectivity index (χ0v) is 13.5. The monoisotopic (exact) mass is 283 g/mol. The van der Waals surface area contributed by atoms with Gasteiger partial charge in [-0.3, -0.25) is 0 Å². The second kappa shape index (κ2) is 5.32. The highest BCUT2D eigenvalue weighted by molar-refractivity contribution is 7.30. The molecule has 0 aromatic heterocycles. The van der Waals surface area contributed by atoms with Crippen molar-refractivity contribution in [3.8, 4) is 0 Å². The lowest BCUT2D eigenvalue weighted by Crippen LogP contribution is -2.30. The van der Waals surface area contributed by atoms with Crippen molar-refractivity contribution in [2.75, 3.05) is 0 Å². The molecule has 2 bridgehead atoms. The van der Waals surface area contributed by atoms with Gasteiger partial charge in [0.15, 0.2) is 0 Å². The summed E-state index contributed by atoms with van der Waals surface area (Å²) in [6.45, 7) is 13.9. The SMILES string of the molecule is CC(C)(C)c1ccc2cc1C2C(C)(C)C.O=[P+](O)O. The maximum absolute atomic E-state index is 8.70. The molecule has 0 aliphatic heterocycles. The van der Waals surface area contributed by atoms with Crippen molar-refractivity contribution >= 4 is 8.25 Å². The van der Waals surface area contributed by atoms with E-state index in [0.29, 0.717) is 11.3 Å². The largest absolute Gasteiger partial charge is 0.692 e. The molecule has 0 heterocycles. The number of fused-ring (bicyclic) bond motifs is 2. The zero-order chi connectivity index (χ0) is 15.0. The Hall–Kier alpha value is -0.760. The fourth-order valence-corrected chi connectivity index (χ4v) is 2.73. The zero-order valence-electron chi connectivity index (χ0n) is 12.6. The summed E-state index contributed by atoms with van der Waals surface area (Å²) in [4.78, 5) is 14.2. The highest BCUT2D eigenvalue weighted by atomic mass is 31.1. The van der Waals surface area contributed by atoms with Crippen LogP contribution in [0.4, 0.5) is 0 Å². The van der Waals surface area contributed by atoms with Gasteiger partial charge in [0.1, 0.15) is 0 Å². The van der Waals surface area contributed by atoms with Crippen LogP contribution in [-0.4, -0.2) is 9.79 Å². The molecule has 1 unspecified atom stereocenters. The molecule has 1 aromatic rings. The summed E-state index contributed by atoms with van der Waals surface area (Å²) < 4.78 is 8.70. The molecule has 3 nitrogen and oxygen atoms in total. The minimum absolute atomic E-state index is 0.276. The second-order valence-corrected chi connectivity index (χ2v) is 7.65. The quantitative estimate of drug-likeness (QED) is 0.705. The first-order chi connectivity index (χ1) is 8.44. The molecule has 0 fully saturated rings. The Balaban J connectivity index is 0.000000399. The van der Waals surface area contributed by atoms with Gasteiger partial charge in [-0.05, 0) is 27.5 Å². The average molecular weight is 283 g/mol. The van der Waals surface area contributed by atoms with Crippen molar-refractivity contribution < 1.29 is 14.4 Å². The number of benzene rings is 1. The van der Waals surface area contributed by atoms with Crippen molar-refractivity contribution in [2.45, 2.75) is 52.9 Å². The predicted octanol–water partition coefficient (Wildman–Crippen LogP) is 4.10. The van der Waals surface area contributed by atoms with E-state index in [1.165, 1.54) is 11.1 Å². The van der Waals surface area contributed by atoms with Gasteiger partial charge in [0.05, 0.1) is 0 Å². The molecule has 2 aliphatic carbocycles. The summed E-state index contributed by atoms with van der Waals surface area (Å²) in [6, 6.07) is 6.99. The normalized spacial score (nSPS) is 17.2. The molecule has 0 saturated heterocycles. The average Bonchev–Trinajstić information content (AvgIpc) is 2.12. The predicted molar refractivity (Wildman–Crippen MR) is 78.5 cm³/mol. The van der Waals surface area contributed by atoms with Crippen LogP contribution < -0.4 is 0 Å². The second-order valence-electron chi connectivity index (χ2n) is 7.15. The molecule has 0 spiro atoms. The summed E-state index contributed by atoms with van der Waals surface area (Å²) in [6.07, 6.45) is 0. The van der Waals surface area contributed by atoms with Crippen LogP contribution in [0.15, 0.2) is 18.2 Å². The van der Waals surface area contributed by atoms with Gasteiger partial charge >= 0.3 is 8.25 Å². The van der Waals surface area contributed by atoms with E-state index in [2.05, 4.69) is 59.7 Å². The van der Waals surface area contributed by atoms with E-state index in [1.54, 1.807) is 5.56 Å². The maximum atomic E-state index is 8.70. The van der Waals surface area contributed by atoms with Gasteiger partial charge in [0.2, 0.25) is 0 Å². The minimum atomic E-state index is -2.87. The molecule has 106 valence electrons. The van der Waals surface area contributed by atoms with Gasteiger partial charge in [0, 0.05) is 10.5 Å². The Morgan fingerprint density at radius 2 is 1.53 bits per heavy atom. The third-order valence-electron chi connectivity index (χ3n) is 3.39. The number of rotatable bonds is 0. The van der Waals surface area contributed by atoms with E-state index >= 15 is 0 Å². The summed E-state index contributed by atoms with van der Waals surface area (Å²) >= 11 is 0. The standard InChI is InChI=1S/C15H22.HO3P/c1-14(2,3)12-8-7-10-9-11(12)13(10)15(4,5)6;1-4(2)3/h7-9,13H,1-6H3;(H-,1,2,3)/p+1. The molecule has 0 amide bonds. The molecule has 3 rings (SSSR count). The van der Waals surface area contributed by atoms with E-state index in [-0.39, 0.29) is 5.41 Å². The van der Waals surface area contributed by atoms with Crippen molar-refractivity contribution in [1.29, 1.82) is 0 Å². The van der Waals surface area contributed by atoms with Crippen LogP contribution in [0.3, 0.4) is 0 Å². The molecule has 1 aromatic carbocycles. The number of hydrogen-bond acceptors (Lipinski definition) is 1. The highest BCUT2D eigenvalue weighted by Crippen LogP contribution is 2.50. The van der Waals surface area contributed by atoms with Crippen LogP contribution in [0.25, 0.3) is 0 Å². The van der Waals surface area contributed by atoms with Crippen LogP contribution >= 0.6 is 8.25 Å². The molecule has 0 radical (unpaired) electrons. The Bertz CT molecular complexity index is 473. The molecular formula is C15H24O3P+. The number of hydrogen-bond donors (Lipinski definition) is 2. The van der Waals surface area contributed by atoms with Crippen LogP contribution in [0.5, 0.6) is 0 Å². The van der Waals surface area contributed by atoms with Crippen molar-refractivity contribution in [2.24, 2.45) is 5.41 Å². The lowest BCUT2D eigenvalue weighted by molar-refractivity contribution is 0.339. The van der Waals surface area contributed by atoms with Crippen LogP contribution in [0.1, 0.15) is 64.2 Å². The van der Waals surface area contributed by atoms with Gasteiger partial charge in [-0.2, -0.15) is 0 Å². The molecule has 4 heteroatoms. The molecule has 2 N–H and O–H groups in total. The van der Waals surface area contributed by atoms with Gasteiger partial charge in [-0.25, -0.2) is 0 Å². The van der Waals surface area contributed by atoms with Crippen molar-refractivity contribution in [1.82, 2.24) is 0 Å². The lowest BCUT2D eigenvalue weighted by Gasteiger charge is -2.42. The van der Waals surface area contributed by atoms with Gasteiger partial charge < -0.3 is 0 Å². The molecule has 19 heavy (non-hydrogen) atoms. The van der Waals surface area contributed by atoms with E-state index in [0.717, 1.165) is 0 Å². The molecule has 1 atom stereocenters. The Kier molecular flexibility index (Phi) is 4.56. The fourth-order valence-electron chi connectivity index (χ4n) is 2.73. The summed E-state index contributed by atoms with van der Waals surface area (Å²) in [5, 5.41) is 0. The maximum Gasteiger partial charge on any atom is 0.692 e. The van der Waals surface area contributed by atoms with E-state index in [4.69, 9.17) is 14.4 Å². The molecule has 2 aliphatic rings. The van der Waals surface area contributed by atoms with Gasteiger partial charge in [-0.15, -0.1) is 9.79 Å². The fraction of sp³-hybridized carbons (Fsp3) is 0.600. The Labute approximate surface area is 116 Å². The van der Waals surface area contributed by atoms with Crippen LogP contribution in [0.2, 0.25) is 0 Å². The van der Waals surface area contributed by atoms with Gasteiger partial charge in [-0.1, -0.05) is 59.7 Å². The third kappa shape index (κ3) is 3.85. The smallest absolute Gasteiger partial charge is 0.134 e. The topological polar surface area (TPSA) is 57.5 Å². The van der Waals surface area contributed by atoms with Crippen LogP contribution in [-0.2, 0) is 9.98 Å². The van der Waals surface area contributed by atoms with Crippen LogP contribution in [0, 0.1) is 5.41 Å². The molecule has 0 saturated carbocycles. The third-order valence-corrected chi connectivity index (χ3v) is 3.39. The first-order valence-electron chi connectivity index (χ1n) is 6.44. The highest BCUT2D eigenvalue weighted by Gasteiger charge is 2.38. The minimum Gasteiger partial charge on any atom is -0.134 e.